The zero-order chi connectivity index (χ0) is 15.1. The molecule has 0 spiro atoms. The van der Waals surface area contributed by atoms with Crippen LogP contribution in [-0.4, -0.2) is 20.3 Å². The SMILES string of the molecule is COc1ccc(OC)c(C(C)NC2CCCCCCC2)c1. The zero-order valence-electron chi connectivity index (χ0n) is 13.7. The molecule has 1 fully saturated rings. The number of ether oxygens (including phenoxy) is 2. The van der Waals surface area contributed by atoms with Gasteiger partial charge in [0.05, 0.1) is 14.2 Å². The van der Waals surface area contributed by atoms with Crippen molar-refractivity contribution in [3.8, 4) is 11.5 Å². The van der Waals surface area contributed by atoms with E-state index in [2.05, 4.69) is 18.3 Å². The van der Waals surface area contributed by atoms with Gasteiger partial charge in [0.2, 0.25) is 0 Å². The molecule has 1 atom stereocenters. The normalized spacial score (nSPS) is 18.6. The highest BCUT2D eigenvalue weighted by molar-refractivity contribution is 5.42. The van der Waals surface area contributed by atoms with Crippen LogP contribution in [0.15, 0.2) is 18.2 Å². The number of methoxy groups -OCH3 is 2. The minimum Gasteiger partial charge on any atom is -0.497 e. The summed E-state index contributed by atoms with van der Waals surface area (Å²) in [5.74, 6) is 1.82. The molecular formula is C18H29NO2. The summed E-state index contributed by atoms with van der Waals surface area (Å²) in [6, 6.07) is 6.92. The molecule has 118 valence electrons. The largest absolute Gasteiger partial charge is 0.497 e. The van der Waals surface area contributed by atoms with Crippen LogP contribution in [0.1, 0.15) is 63.5 Å². The summed E-state index contributed by atoms with van der Waals surface area (Å²) in [5, 5.41) is 3.79. The smallest absolute Gasteiger partial charge is 0.123 e. The monoisotopic (exact) mass is 291 g/mol. The third kappa shape index (κ3) is 4.63. The summed E-state index contributed by atoms with van der Waals surface area (Å²) < 4.78 is 10.9. The first-order valence-corrected chi connectivity index (χ1v) is 8.22. The van der Waals surface area contributed by atoms with Crippen molar-refractivity contribution in [1.29, 1.82) is 0 Å². The van der Waals surface area contributed by atoms with Gasteiger partial charge in [-0.05, 0) is 38.0 Å². The highest BCUT2D eigenvalue weighted by Crippen LogP contribution is 2.30. The summed E-state index contributed by atoms with van der Waals surface area (Å²) >= 11 is 0. The number of benzene rings is 1. The van der Waals surface area contributed by atoms with Crippen molar-refractivity contribution in [2.45, 2.75) is 64.0 Å². The van der Waals surface area contributed by atoms with Gasteiger partial charge in [-0.3, -0.25) is 0 Å². The summed E-state index contributed by atoms with van der Waals surface area (Å²) in [7, 11) is 3.44. The maximum absolute atomic E-state index is 5.50. The molecule has 0 saturated heterocycles. The molecule has 1 aromatic rings. The van der Waals surface area contributed by atoms with Gasteiger partial charge in [0, 0.05) is 17.6 Å². The minimum absolute atomic E-state index is 0.277. The number of nitrogens with one attached hydrogen (secondary N) is 1. The lowest BCUT2D eigenvalue weighted by molar-refractivity contribution is 0.350. The van der Waals surface area contributed by atoms with Gasteiger partial charge in [0.15, 0.2) is 0 Å². The fourth-order valence-corrected chi connectivity index (χ4v) is 3.24. The van der Waals surface area contributed by atoms with E-state index in [0.717, 1.165) is 11.5 Å². The van der Waals surface area contributed by atoms with Gasteiger partial charge in [-0.2, -0.15) is 0 Å². The molecule has 0 radical (unpaired) electrons. The first-order chi connectivity index (χ1) is 10.2. The molecule has 1 saturated carbocycles. The molecule has 1 aliphatic rings. The molecule has 2 rings (SSSR count). The third-order valence-corrected chi connectivity index (χ3v) is 4.49. The van der Waals surface area contributed by atoms with Gasteiger partial charge in [-0.25, -0.2) is 0 Å². The molecule has 0 bridgehead atoms. The van der Waals surface area contributed by atoms with Crippen LogP contribution in [0.2, 0.25) is 0 Å². The first-order valence-electron chi connectivity index (χ1n) is 8.22. The second kappa shape index (κ2) is 8.28. The van der Waals surface area contributed by atoms with E-state index in [-0.39, 0.29) is 6.04 Å². The molecule has 0 heterocycles. The predicted molar refractivity (Wildman–Crippen MR) is 87.2 cm³/mol. The van der Waals surface area contributed by atoms with Crippen molar-refractivity contribution in [2.75, 3.05) is 14.2 Å². The van der Waals surface area contributed by atoms with Crippen LogP contribution < -0.4 is 14.8 Å². The second-order valence-corrected chi connectivity index (χ2v) is 6.04. The number of hydrogen-bond donors (Lipinski definition) is 1. The maximum Gasteiger partial charge on any atom is 0.123 e. The molecule has 0 aromatic heterocycles. The summed E-state index contributed by atoms with van der Waals surface area (Å²) in [4.78, 5) is 0. The summed E-state index contributed by atoms with van der Waals surface area (Å²) in [6.45, 7) is 2.22. The van der Waals surface area contributed by atoms with Crippen molar-refractivity contribution in [1.82, 2.24) is 5.32 Å². The molecule has 1 N–H and O–H groups in total. The van der Waals surface area contributed by atoms with Crippen LogP contribution in [0, 0.1) is 0 Å². The van der Waals surface area contributed by atoms with E-state index in [1.54, 1.807) is 14.2 Å². The van der Waals surface area contributed by atoms with Crippen molar-refractivity contribution in [2.24, 2.45) is 0 Å². The van der Waals surface area contributed by atoms with Crippen LogP contribution >= 0.6 is 0 Å². The van der Waals surface area contributed by atoms with E-state index in [0.29, 0.717) is 6.04 Å². The molecule has 1 aromatic carbocycles. The fourth-order valence-electron chi connectivity index (χ4n) is 3.24. The molecule has 21 heavy (non-hydrogen) atoms. The molecular weight excluding hydrogens is 262 g/mol. The fraction of sp³-hybridized carbons (Fsp3) is 0.667. The molecule has 3 nitrogen and oxygen atoms in total. The van der Waals surface area contributed by atoms with Gasteiger partial charge >= 0.3 is 0 Å². The summed E-state index contributed by atoms with van der Waals surface area (Å²) in [6.07, 6.45) is 9.45. The Kier molecular flexibility index (Phi) is 6.37. The Morgan fingerprint density at radius 2 is 1.67 bits per heavy atom. The average molecular weight is 291 g/mol. The zero-order valence-corrected chi connectivity index (χ0v) is 13.7. The van der Waals surface area contributed by atoms with Crippen LogP contribution in [0.3, 0.4) is 0 Å². The van der Waals surface area contributed by atoms with E-state index < -0.39 is 0 Å². The van der Waals surface area contributed by atoms with Crippen LogP contribution in [-0.2, 0) is 0 Å². The van der Waals surface area contributed by atoms with E-state index in [9.17, 15) is 0 Å². The van der Waals surface area contributed by atoms with Gasteiger partial charge in [0.25, 0.3) is 0 Å². The molecule has 0 aliphatic heterocycles. The van der Waals surface area contributed by atoms with Crippen molar-refractivity contribution in [3.63, 3.8) is 0 Å². The standard InChI is InChI=1S/C18H29NO2/c1-14(19-15-9-7-5-4-6-8-10-15)17-13-16(20-2)11-12-18(17)21-3/h11-15,19H,4-10H2,1-3H3. The van der Waals surface area contributed by atoms with E-state index >= 15 is 0 Å². The second-order valence-electron chi connectivity index (χ2n) is 6.04. The average Bonchev–Trinajstić information content (AvgIpc) is 2.49. The van der Waals surface area contributed by atoms with Gasteiger partial charge in [-0.15, -0.1) is 0 Å². The Bertz CT molecular complexity index is 425. The highest BCUT2D eigenvalue weighted by Gasteiger charge is 2.18. The van der Waals surface area contributed by atoms with Crippen LogP contribution in [0.4, 0.5) is 0 Å². The van der Waals surface area contributed by atoms with Gasteiger partial charge < -0.3 is 14.8 Å². The minimum atomic E-state index is 0.277. The molecule has 1 unspecified atom stereocenters. The lowest BCUT2D eigenvalue weighted by atomic mass is 9.95. The lowest BCUT2D eigenvalue weighted by Crippen LogP contribution is -2.32. The van der Waals surface area contributed by atoms with Crippen molar-refractivity contribution < 1.29 is 9.47 Å². The van der Waals surface area contributed by atoms with Crippen molar-refractivity contribution >= 4 is 0 Å². The number of rotatable bonds is 5. The predicted octanol–water partition coefficient (Wildman–Crippen LogP) is 4.47. The Morgan fingerprint density at radius 3 is 2.29 bits per heavy atom. The van der Waals surface area contributed by atoms with Crippen LogP contribution in [0.5, 0.6) is 11.5 Å². The third-order valence-electron chi connectivity index (χ3n) is 4.49. The molecule has 0 amide bonds. The number of hydrogen-bond acceptors (Lipinski definition) is 3. The van der Waals surface area contributed by atoms with E-state index in [1.807, 2.05) is 12.1 Å². The quantitative estimate of drug-likeness (QED) is 0.868. The van der Waals surface area contributed by atoms with E-state index in [1.165, 1.54) is 50.5 Å². The Labute approximate surface area is 129 Å². The molecule has 1 aliphatic carbocycles. The summed E-state index contributed by atoms with van der Waals surface area (Å²) in [5.41, 5.74) is 1.18. The van der Waals surface area contributed by atoms with Gasteiger partial charge in [-0.1, -0.05) is 32.1 Å². The first kappa shape index (κ1) is 16.2. The Hall–Kier alpha value is -1.22. The van der Waals surface area contributed by atoms with Crippen molar-refractivity contribution in [3.05, 3.63) is 23.8 Å². The molecule has 3 heteroatoms. The Balaban J connectivity index is 2.05. The van der Waals surface area contributed by atoms with E-state index in [4.69, 9.17) is 9.47 Å². The Morgan fingerprint density at radius 1 is 1.00 bits per heavy atom. The maximum atomic E-state index is 5.50. The lowest BCUT2D eigenvalue weighted by Gasteiger charge is -2.26. The van der Waals surface area contributed by atoms with Gasteiger partial charge in [0.1, 0.15) is 11.5 Å². The van der Waals surface area contributed by atoms with Crippen LogP contribution in [0.25, 0.3) is 0 Å². The highest BCUT2D eigenvalue weighted by atomic mass is 16.5. The topological polar surface area (TPSA) is 30.5 Å².